The number of nitrogens with two attached hydrogens (primary N) is 2. The second-order valence-corrected chi connectivity index (χ2v) is 16.8. The van der Waals surface area contributed by atoms with Crippen molar-refractivity contribution >= 4 is 34.4 Å². The van der Waals surface area contributed by atoms with Crippen molar-refractivity contribution in [2.45, 2.75) is 74.9 Å². The Hall–Kier alpha value is -4.79. The summed E-state index contributed by atoms with van der Waals surface area (Å²) >= 11 is 0. The van der Waals surface area contributed by atoms with E-state index in [1.54, 1.807) is 12.1 Å². The Labute approximate surface area is 326 Å². The summed E-state index contributed by atoms with van der Waals surface area (Å²) in [5.74, 6) is 0.0673. The predicted molar refractivity (Wildman–Crippen MR) is 193 cm³/mol. The van der Waals surface area contributed by atoms with Gasteiger partial charge in [-0.3, -0.25) is 10.8 Å². The Balaban J connectivity index is 0.899. The molecule has 4 amide bonds. The Bertz CT molecular complexity index is 1860. The quantitative estimate of drug-likeness (QED) is 0.0457. The van der Waals surface area contributed by atoms with E-state index in [4.69, 9.17) is 39.9 Å². The number of amides is 4. The van der Waals surface area contributed by atoms with Crippen LogP contribution in [-0.2, 0) is 19.0 Å². The molecule has 2 saturated carbocycles. The predicted octanol–water partition coefficient (Wildman–Crippen LogP) is -1.65. The maximum absolute atomic E-state index is 13.8. The van der Waals surface area contributed by atoms with Crippen LogP contribution in [0.1, 0.15) is 85.7 Å². The lowest BCUT2D eigenvalue weighted by atomic mass is 9.84. The van der Waals surface area contributed by atoms with Gasteiger partial charge in [-0.15, -0.1) is 8.57 Å². The van der Waals surface area contributed by atoms with Crippen LogP contribution in [-0.4, -0.2) is 137 Å². The lowest BCUT2D eigenvalue weighted by Gasteiger charge is -2.36. The number of aromatic nitrogens is 2. The van der Waals surface area contributed by atoms with E-state index in [-0.39, 0.29) is 49.6 Å². The van der Waals surface area contributed by atoms with E-state index < -0.39 is 69.7 Å². The van der Waals surface area contributed by atoms with Crippen molar-refractivity contribution < 1.29 is 45.8 Å². The first-order chi connectivity index (χ1) is 27.2. The number of fused-ring (bicyclic) bond motifs is 6. The highest BCUT2D eigenvalue weighted by Crippen LogP contribution is 2.63. The minimum absolute atomic E-state index is 0.139. The van der Waals surface area contributed by atoms with Gasteiger partial charge in [0.05, 0.1) is 24.2 Å². The van der Waals surface area contributed by atoms with E-state index in [0.29, 0.717) is 50.4 Å². The number of urea groups is 2. The molecule has 0 unspecified atom stereocenters. The fourth-order valence-corrected chi connectivity index (χ4v) is 9.41. The van der Waals surface area contributed by atoms with E-state index in [1.165, 1.54) is 9.80 Å². The van der Waals surface area contributed by atoms with Crippen LogP contribution in [0.2, 0.25) is 0 Å². The van der Waals surface area contributed by atoms with Gasteiger partial charge >= 0.3 is 22.5 Å². The number of nitrogens with one attached hydrogen (secondary N) is 6. The van der Waals surface area contributed by atoms with Crippen molar-refractivity contribution in [1.82, 2.24) is 51.5 Å². The van der Waals surface area contributed by atoms with E-state index >= 15 is 0 Å². The molecule has 6 atom stereocenters. The molecule has 25 heteroatoms. The van der Waals surface area contributed by atoms with Gasteiger partial charge in [-0.1, -0.05) is 10.3 Å². The normalized spacial score (nSPS) is 26.4. The smallest absolute Gasteiger partial charge is 0.384 e. The maximum atomic E-state index is 13.8. The number of aliphatic hydroxyl groups is 2. The van der Waals surface area contributed by atoms with E-state index in [1.807, 2.05) is 0 Å². The van der Waals surface area contributed by atoms with Crippen LogP contribution in [0.3, 0.4) is 0 Å². The van der Waals surface area contributed by atoms with Crippen LogP contribution in [0.15, 0.2) is 21.2 Å². The summed E-state index contributed by atoms with van der Waals surface area (Å²) in [4.78, 5) is 30.6. The number of hydrogen-bond acceptors (Lipinski definition) is 16. The first-order valence-electron chi connectivity index (χ1n) is 18.9. The molecule has 0 aromatic carbocycles. The molecule has 2 spiro atoms. The number of hydrogen-bond donors (Lipinski definition) is 10. The summed E-state index contributed by atoms with van der Waals surface area (Å²) in [6.45, 7) is 2.25. The monoisotopic (exact) mass is 820 g/mol. The lowest BCUT2D eigenvalue weighted by Crippen LogP contribution is -2.45. The number of nitrogens with zero attached hydrogens (tertiary/aromatic N) is 6. The number of hydroxylamine groups is 4. The van der Waals surface area contributed by atoms with Gasteiger partial charge in [0.25, 0.3) is 0 Å². The summed E-state index contributed by atoms with van der Waals surface area (Å²) in [5.41, 5.74) is 10.5. The molecular formula is C32H48N14O10S. The van der Waals surface area contributed by atoms with Crippen molar-refractivity contribution in [1.29, 1.82) is 10.8 Å². The molecule has 24 nitrogen and oxygen atoms in total. The molecule has 4 saturated heterocycles. The number of aliphatic hydroxyl groups excluding tert-OH is 2. The number of carbonyl (C=O) groups is 2. The minimum Gasteiger partial charge on any atom is -0.384 e. The van der Waals surface area contributed by atoms with Crippen molar-refractivity contribution in [3.8, 4) is 0 Å². The number of piperidine rings is 2. The molecule has 6 aliphatic rings. The van der Waals surface area contributed by atoms with Gasteiger partial charge in [0, 0.05) is 64.5 Å². The average molecular weight is 821 g/mol. The molecular weight excluding hydrogens is 773 g/mol. The number of rotatable bonds is 18. The molecule has 4 aliphatic heterocycles. The van der Waals surface area contributed by atoms with Gasteiger partial charge in [0.2, 0.25) is 0 Å². The Morgan fingerprint density at radius 3 is 1.56 bits per heavy atom. The van der Waals surface area contributed by atoms with E-state index in [0.717, 1.165) is 35.8 Å². The Kier molecular flexibility index (Phi) is 10.2. The average Bonchev–Trinajstić information content (AvgIpc) is 3.85. The zero-order valence-corrected chi connectivity index (χ0v) is 31.7. The molecule has 2 aromatic rings. The Morgan fingerprint density at radius 1 is 0.789 bits per heavy atom. The summed E-state index contributed by atoms with van der Waals surface area (Å²) in [5, 5.41) is 57.1. The fraction of sp³-hybridized carbons (Fsp3) is 0.688. The maximum Gasteiger partial charge on any atom is 0.442 e. The van der Waals surface area contributed by atoms with Crippen LogP contribution < -0.4 is 32.7 Å². The van der Waals surface area contributed by atoms with Crippen molar-refractivity contribution in [2.75, 3.05) is 52.4 Å². The van der Waals surface area contributed by atoms with Crippen LogP contribution in [0.25, 0.3) is 0 Å². The summed E-state index contributed by atoms with van der Waals surface area (Å²) in [7, 11) is -4.99. The third-order valence-corrected chi connectivity index (χ3v) is 12.7. The fourth-order valence-electron chi connectivity index (χ4n) is 8.65. The highest BCUT2D eigenvalue weighted by molar-refractivity contribution is 7.81. The second kappa shape index (κ2) is 14.9. The molecule has 8 rings (SSSR count). The highest BCUT2D eigenvalue weighted by Gasteiger charge is 2.66. The molecule has 312 valence electrons. The van der Waals surface area contributed by atoms with E-state index in [2.05, 4.69) is 31.6 Å². The molecule has 2 aliphatic carbocycles. The SMILES string of the molecule is N=C(N)NCCNC[C@@H](O)c1cc([C@@H]2CC3(CC3)[C@@H]3CN2C(=O)N3OS(=O)(=O)ON2C(=O)N3C[C@H]2C2(CC2)C[C@H]3c2cc([C@H](O)CNCCNC(=N)N)on2)no1. The first kappa shape index (κ1) is 39.1. The molecule has 12 N–H and O–H groups in total. The zero-order chi connectivity index (χ0) is 40.3. The standard InChI is InChI=1S/C32H48N14O10S/c33-27(34)39-7-5-37-13-21(47)23-9-17(41-53-23)19-11-31(1-2-31)25-15-43(19)29(49)45(25)55-57(51,52)56-46-26-16-44(30(46)50)20(12-32(26)3-4-32)18-10-24(54-42-18)22(48)14-38-6-8-40-28(35)36/h9-10,19-22,25-26,37-38,47-48H,1-8,11-16H2,(H4,33,34,39)(H4,35,36,40)/t19-,20-,21+,22+,25-,26-/m0/s1. The van der Waals surface area contributed by atoms with Crippen LogP contribution >= 0.6 is 0 Å². The van der Waals surface area contributed by atoms with Gasteiger partial charge in [-0.05, 0) is 49.4 Å². The topological polar surface area (TPSA) is 340 Å². The van der Waals surface area contributed by atoms with Crippen LogP contribution in [0, 0.1) is 21.6 Å². The van der Waals surface area contributed by atoms with Gasteiger partial charge in [0.1, 0.15) is 23.6 Å². The largest absolute Gasteiger partial charge is 0.442 e. The van der Waals surface area contributed by atoms with Gasteiger partial charge in [-0.2, -0.15) is 18.5 Å². The minimum atomic E-state index is -4.99. The lowest BCUT2D eigenvalue weighted by molar-refractivity contribution is -0.101. The second-order valence-electron chi connectivity index (χ2n) is 15.7. The Morgan fingerprint density at radius 2 is 1.19 bits per heavy atom. The summed E-state index contributed by atoms with van der Waals surface area (Å²) in [6, 6.07) is -0.539. The molecule has 0 radical (unpaired) electrons. The van der Waals surface area contributed by atoms with Gasteiger partial charge in [0.15, 0.2) is 23.4 Å². The molecule has 57 heavy (non-hydrogen) atoms. The zero-order valence-electron chi connectivity index (χ0n) is 30.9. The third kappa shape index (κ3) is 7.66. The number of guanidine groups is 2. The summed E-state index contributed by atoms with van der Waals surface area (Å²) in [6.07, 6.45) is 1.77. The van der Waals surface area contributed by atoms with E-state index in [9.17, 15) is 28.2 Å². The molecule has 6 fully saturated rings. The highest BCUT2D eigenvalue weighted by atomic mass is 32.3. The molecule has 2 aromatic heterocycles. The summed E-state index contributed by atoms with van der Waals surface area (Å²) < 4.78 is 49.0. The van der Waals surface area contributed by atoms with Crippen molar-refractivity contribution in [2.24, 2.45) is 22.3 Å². The third-order valence-electron chi connectivity index (χ3n) is 12.0. The van der Waals surface area contributed by atoms with Crippen LogP contribution in [0.5, 0.6) is 0 Å². The van der Waals surface area contributed by atoms with Crippen molar-refractivity contribution in [3.05, 3.63) is 35.0 Å². The van der Waals surface area contributed by atoms with Crippen molar-refractivity contribution in [3.63, 3.8) is 0 Å². The van der Waals surface area contributed by atoms with Gasteiger partial charge < -0.3 is 61.8 Å². The first-order valence-corrected chi connectivity index (χ1v) is 20.2. The number of carbonyl (C=O) groups excluding carboxylic acids is 2. The van der Waals surface area contributed by atoms with Crippen LogP contribution in [0.4, 0.5) is 9.59 Å². The molecule has 6 heterocycles. The van der Waals surface area contributed by atoms with Gasteiger partial charge in [-0.25, -0.2) is 9.59 Å². The molecule has 4 bridgehead atoms.